The Kier molecular flexibility index (Phi) is 2.81. The van der Waals surface area contributed by atoms with Crippen molar-refractivity contribution in [1.82, 2.24) is 0 Å². The van der Waals surface area contributed by atoms with Crippen LogP contribution in [0.15, 0.2) is 64.3 Å². The van der Waals surface area contributed by atoms with Crippen LogP contribution in [-0.2, 0) is 6.42 Å². The first-order chi connectivity index (χ1) is 9.88. The van der Waals surface area contributed by atoms with E-state index in [1.165, 1.54) is 28.1 Å². The van der Waals surface area contributed by atoms with Crippen LogP contribution in [0.4, 0.5) is 5.69 Å². The molecule has 0 amide bonds. The number of thioether (sulfide) groups is 1. The third kappa shape index (κ3) is 1.70. The Morgan fingerprint density at radius 1 is 1.25 bits per heavy atom. The van der Waals surface area contributed by atoms with E-state index in [-0.39, 0.29) is 0 Å². The molecule has 2 aliphatic heterocycles. The Bertz CT molecular complexity index is 695. The first-order valence-electron chi connectivity index (χ1n) is 6.94. The summed E-state index contributed by atoms with van der Waals surface area (Å²) in [5.41, 5.74) is 6.85. The summed E-state index contributed by atoms with van der Waals surface area (Å²) >= 11 is 1.73. The van der Waals surface area contributed by atoms with Crippen molar-refractivity contribution in [2.75, 3.05) is 17.7 Å². The lowest BCUT2D eigenvalue weighted by Crippen LogP contribution is -2.24. The Morgan fingerprint density at radius 2 is 2.15 bits per heavy atom. The van der Waals surface area contributed by atoms with E-state index in [1.54, 1.807) is 11.8 Å². The van der Waals surface area contributed by atoms with E-state index in [4.69, 9.17) is 4.99 Å². The molecule has 0 N–H and O–H groups in total. The van der Waals surface area contributed by atoms with Crippen molar-refractivity contribution < 1.29 is 0 Å². The molecule has 3 aliphatic rings. The standard InChI is InChI=1S/C17H16N2S/c1-20-17-18-11-16-14-8-4-2-6-12(14)10-13-7-3-5-9-15(13)19(16)17/h3-9H,2,10-11H2,1H3. The quantitative estimate of drug-likeness (QED) is 0.715. The molecule has 1 aromatic carbocycles. The summed E-state index contributed by atoms with van der Waals surface area (Å²) in [6.07, 6.45) is 11.1. The highest BCUT2D eigenvalue weighted by Crippen LogP contribution is 2.40. The largest absolute Gasteiger partial charge is 0.291 e. The molecule has 2 heterocycles. The summed E-state index contributed by atoms with van der Waals surface area (Å²) in [4.78, 5) is 7.07. The minimum atomic E-state index is 0.793. The molecule has 3 heteroatoms. The van der Waals surface area contributed by atoms with E-state index in [9.17, 15) is 0 Å². The van der Waals surface area contributed by atoms with Crippen LogP contribution in [0, 0.1) is 0 Å². The molecule has 4 rings (SSSR count). The molecule has 0 spiro atoms. The molecule has 0 aromatic heterocycles. The summed E-state index contributed by atoms with van der Waals surface area (Å²) in [5, 5.41) is 1.11. The number of nitrogens with zero attached hydrogens (tertiary/aromatic N) is 2. The van der Waals surface area contributed by atoms with Crippen molar-refractivity contribution in [3.8, 4) is 0 Å². The highest BCUT2D eigenvalue weighted by atomic mass is 32.2. The van der Waals surface area contributed by atoms with Crippen LogP contribution < -0.4 is 4.90 Å². The molecule has 100 valence electrons. The fourth-order valence-corrected chi connectivity index (χ4v) is 3.74. The van der Waals surface area contributed by atoms with Gasteiger partial charge in [0.2, 0.25) is 0 Å². The molecule has 20 heavy (non-hydrogen) atoms. The number of benzene rings is 1. The second kappa shape index (κ2) is 4.67. The van der Waals surface area contributed by atoms with Gasteiger partial charge in [0.05, 0.1) is 17.9 Å². The molecular formula is C17H16N2S. The second-order valence-corrected chi connectivity index (χ2v) is 5.95. The highest BCUT2D eigenvalue weighted by molar-refractivity contribution is 8.13. The SMILES string of the molecule is CSC1=NCC2=C3C=CCC=C3Cc3ccccc3N12. The predicted octanol–water partition coefficient (Wildman–Crippen LogP) is 3.92. The number of allylic oxidation sites excluding steroid dienone is 5. The normalized spacial score (nSPS) is 19.9. The van der Waals surface area contributed by atoms with Gasteiger partial charge >= 0.3 is 0 Å². The van der Waals surface area contributed by atoms with Gasteiger partial charge in [-0.15, -0.1) is 0 Å². The number of aliphatic imine (C=N–C) groups is 1. The lowest BCUT2D eigenvalue weighted by atomic mass is 9.93. The summed E-state index contributed by atoms with van der Waals surface area (Å²) < 4.78 is 0. The number of hydrogen-bond donors (Lipinski definition) is 0. The van der Waals surface area contributed by atoms with Crippen molar-refractivity contribution in [3.05, 3.63) is 64.9 Å². The van der Waals surface area contributed by atoms with Crippen LogP contribution in [0.1, 0.15) is 12.0 Å². The van der Waals surface area contributed by atoms with Gasteiger partial charge in [0.25, 0.3) is 0 Å². The van der Waals surface area contributed by atoms with Gasteiger partial charge in [-0.2, -0.15) is 0 Å². The average Bonchev–Trinajstić information content (AvgIpc) is 2.86. The van der Waals surface area contributed by atoms with Crippen LogP contribution in [0.3, 0.4) is 0 Å². The Morgan fingerprint density at radius 3 is 3.05 bits per heavy atom. The third-order valence-electron chi connectivity index (χ3n) is 4.06. The van der Waals surface area contributed by atoms with Crippen LogP contribution in [0.2, 0.25) is 0 Å². The minimum Gasteiger partial charge on any atom is -0.291 e. The van der Waals surface area contributed by atoms with Crippen LogP contribution in [0.5, 0.6) is 0 Å². The van der Waals surface area contributed by atoms with E-state index in [0.29, 0.717) is 0 Å². The fourth-order valence-electron chi connectivity index (χ4n) is 3.16. The number of rotatable bonds is 0. The Balaban J connectivity index is 1.97. The van der Waals surface area contributed by atoms with E-state index < -0.39 is 0 Å². The summed E-state index contributed by atoms with van der Waals surface area (Å²) in [7, 11) is 0. The maximum atomic E-state index is 4.72. The molecule has 0 fully saturated rings. The average molecular weight is 280 g/mol. The summed E-state index contributed by atoms with van der Waals surface area (Å²) in [6.45, 7) is 0.793. The number of amidine groups is 1. The molecule has 0 atom stereocenters. The monoisotopic (exact) mass is 280 g/mol. The predicted molar refractivity (Wildman–Crippen MR) is 87.3 cm³/mol. The topological polar surface area (TPSA) is 15.6 Å². The zero-order valence-electron chi connectivity index (χ0n) is 11.5. The number of fused-ring (bicyclic) bond motifs is 4. The zero-order valence-corrected chi connectivity index (χ0v) is 12.3. The smallest absolute Gasteiger partial charge is 0.168 e. The molecular weight excluding hydrogens is 264 g/mol. The zero-order chi connectivity index (χ0) is 13.5. The molecule has 1 aliphatic carbocycles. The summed E-state index contributed by atoms with van der Waals surface area (Å²) in [5.74, 6) is 0. The van der Waals surface area contributed by atoms with Crippen molar-refractivity contribution >= 4 is 22.6 Å². The molecule has 0 radical (unpaired) electrons. The molecule has 0 unspecified atom stereocenters. The van der Waals surface area contributed by atoms with Crippen molar-refractivity contribution in [1.29, 1.82) is 0 Å². The van der Waals surface area contributed by atoms with Gasteiger partial charge in [-0.05, 0) is 41.9 Å². The summed E-state index contributed by atoms with van der Waals surface area (Å²) in [6, 6.07) is 8.71. The lowest BCUT2D eigenvalue weighted by Gasteiger charge is -2.23. The van der Waals surface area contributed by atoms with Crippen molar-refractivity contribution in [2.24, 2.45) is 4.99 Å². The van der Waals surface area contributed by atoms with Crippen molar-refractivity contribution in [2.45, 2.75) is 12.8 Å². The van der Waals surface area contributed by atoms with Gasteiger partial charge in [-0.3, -0.25) is 9.89 Å². The first kappa shape index (κ1) is 12.0. The molecule has 1 aromatic rings. The minimum absolute atomic E-state index is 0.793. The van der Waals surface area contributed by atoms with E-state index in [0.717, 1.165) is 24.6 Å². The van der Waals surface area contributed by atoms with Gasteiger partial charge in [0.15, 0.2) is 5.17 Å². The Hall–Kier alpha value is -1.74. The molecule has 2 nitrogen and oxygen atoms in total. The Labute approximate surface area is 123 Å². The number of anilines is 1. The van der Waals surface area contributed by atoms with Crippen LogP contribution >= 0.6 is 11.8 Å². The van der Waals surface area contributed by atoms with E-state index >= 15 is 0 Å². The van der Waals surface area contributed by atoms with Gasteiger partial charge in [-0.1, -0.05) is 48.2 Å². The fraction of sp³-hybridized carbons (Fsp3) is 0.235. The lowest BCUT2D eigenvalue weighted by molar-refractivity contribution is 1.10. The molecule has 0 saturated carbocycles. The van der Waals surface area contributed by atoms with Gasteiger partial charge in [0.1, 0.15) is 0 Å². The molecule has 0 bridgehead atoms. The first-order valence-corrected chi connectivity index (χ1v) is 8.16. The van der Waals surface area contributed by atoms with Gasteiger partial charge in [0, 0.05) is 0 Å². The van der Waals surface area contributed by atoms with Gasteiger partial charge < -0.3 is 0 Å². The number of hydrogen-bond acceptors (Lipinski definition) is 3. The third-order valence-corrected chi connectivity index (χ3v) is 4.74. The molecule has 0 saturated heterocycles. The second-order valence-electron chi connectivity index (χ2n) is 5.17. The van der Waals surface area contributed by atoms with Crippen molar-refractivity contribution in [3.63, 3.8) is 0 Å². The van der Waals surface area contributed by atoms with Crippen LogP contribution in [-0.4, -0.2) is 18.0 Å². The van der Waals surface area contributed by atoms with E-state index in [1.807, 2.05) is 0 Å². The number of para-hydroxylation sites is 1. The maximum absolute atomic E-state index is 4.72. The highest BCUT2D eigenvalue weighted by Gasteiger charge is 2.31. The van der Waals surface area contributed by atoms with E-state index in [2.05, 4.69) is 53.6 Å². The van der Waals surface area contributed by atoms with Crippen LogP contribution in [0.25, 0.3) is 0 Å². The van der Waals surface area contributed by atoms with Gasteiger partial charge in [-0.25, -0.2) is 0 Å². The maximum Gasteiger partial charge on any atom is 0.168 e.